The predicted octanol–water partition coefficient (Wildman–Crippen LogP) is 3.46. The molecule has 0 aliphatic rings. The van der Waals surface area contributed by atoms with E-state index >= 15 is 0 Å². The van der Waals surface area contributed by atoms with Gasteiger partial charge in [0.25, 0.3) is 11.8 Å². The molecule has 7 nitrogen and oxygen atoms in total. The summed E-state index contributed by atoms with van der Waals surface area (Å²) in [6.45, 7) is 0.294. The van der Waals surface area contributed by atoms with Crippen molar-refractivity contribution in [3.05, 3.63) is 64.7 Å². The van der Waals surface area contributed by atoms with Crippen LogP contribution < -0.4 is 14.8 Å². The second kappa shape index (κ2) is 9.41. The third kappa shape index (κ3) is 4.60. The fraction of sp³-hybridized carbons (Fsp3) is 0.227. The lowest BCUT2D eigenvalue weighted by molar-refractivity contribution is 0.0827. The maximum Gasteiger partial charge on any atom is 0.271 e. The van der Waals surface area contributed by atoms with Gasteiger partial charge in [-0.3, -0.25) is 9.59 Å². The Hall–Kier alpha value is -3.39. The molecule has 156 valence electrons. The van der Waals surface area contributed by atoms with E-state index in [-0.39, 0.29) is 11.8 Å². The fourth-order valence-corrected chi connectivity index (χ4v) is 3.72. The first-order chi connectivity index (χ1) is 14.4. The topological polar surface area (TPSA) is 80.8 Å². The molecule has 0 fully saturated rings. The van der Waals surface area contributed by atoms with Crippen LogP contribution in [0.5, 0.6) is 11.5 Å². The SMILES string of the molecule is COc1cccc(-c2nc(C(=O)NCc3cccc(C(=O)N(C)C)c3)cs2)c1OC. The number of rotatable bonds is 7. The molecule has 3 aromatic rings. The minimum Gasteiger partial charge on any atom is -0.493 e. The molecule has 1 aromatic heterocycles. The number of methoxy groups -OCH3 is 2. The molecule has 1 N–H and O–H groups in total. The summed E-state index contributed by atoms with van der Waals surface area (Å²) in [5, 5.41) is 5.22. The van der Waals surface area contributed by atoms with Crippen molar-refractivity contribution in [2.45, 2.75) is 6.54 Å². The summed E-state index contributed by atoms with van der Waals surface area (Å²) in [7, 11) is 6.54. The summed E-state index contributed by atoms with van der Waals surface area (Å²) in [5.41, 5.74) is 2.49. The van der Waals surface area contributed by atoms with E-state index in [2.05, 4.69) is 10.3 Å². The lowest BCUT2D eigenvalue weighted by atomic mass is 10.1. The van der Waals surface area contributed by atoms with Gasteiger partial charge in [0.2, 0.25) is 0 Å². The van der Waals surface area contributed by atoms with Crippen LogP contribution in [0.4, 0.5) is 0 Å². The van der Waals surface area contributed by atoms with Gasteiger partial charge in [0.15, 0.2) is 11.5 Å². The smallest absolute Gasteiger partial charge is 0.271 e. The van der Waals surface area contributed by atoms with Crippen LogP contribution >= 0.6 is 11.3 Å². The lowest BCUT2D eigenvalue weighted by Gasteiger charge is -2.11. The molecule has 0 spiro atoms. The molecule has 0 radical (unpaired) electrons. The van der Waals surface area contributed by atoms with Gasteiger partial charge in [-0.25, -0.2) is 4.98 Å². The fourth-order valence-electron chi connectivity index (χ4n) is 2.90. The summed E-state index contributed by atoms with van der Waals surface area (Å²) < 4.78 is 10.8. The van der Waals surface area contributed by atoms with Crippen LogP contribution in [0.15, 0.2) is 47.8 Å². The van der Waals surface area contributed by atoms with Crippen molar-refractivity contribution in [1.82, 2.24) is 15.2 Å². The summed E-state index contributed by atoms with van der Waals surface area (Å²) in [6, 6.07) is 12.7. The van der Waals surface area contributed by atoms with Crippen LogP contribution in [0.25, 0.3) is 10.6 Å². The first kappa shape index (κ1) is 21.3. The number of hydrogen-bond acceptors (Lipinski definition) is 6. The van der Waals surface area contributed by atoms with Crippen molar-refractivity contribution in [1.29, 1.82) is 0 Å². The third-order valence-electron chi connectivity index (χ3n) is 4.40. The predicted molar refractivity (Wildman–Crippen MR) is 116 cm³/mol. The number of carbonyl (C=O) groups excluding carboxylic acids is 2. The minimum absolute atomic E-state index is 0.0837. The van der Waals surface area contributed by atoms with E-state index in [1.165, 1.54) is 16.2 Å². The lowest BCUT2D eigenvalue weighted by Crippen LogP contribution is -2.24. The molecule has 0 atom stereocenters. The van der Waals surface area contributed by atoms with Crippen LogP contribution in [0.3, 0.4) is 0 Å². The second-order valence-corrected chi connectivity index (χ2v) is 7.52. The number of carbonyl (C=O) groups is 2. The van der Waals surface area contributed by atoms with E-state index in [0.29, 0.717) is 34.3 Å². The highest BCUT2D eigenvalue weighted by Gasteiger charge is 2.17. The van der Waals surface area contributed by atoms with Gasteiger partial charge in [0.1, 0.15) is 10.7 Å². The Labute approximate surface area is 179 Å². The normalized spacial score (nSPS) is 10.4. The van der Waals surface area contributed by atoms with Gasteiger partial charge in [-0.1, -0.05) is 18.2 Å². The van der Waals surface area contributed by atoms with Crippen molar-refractivity contribution in [3.63, 3.8) is 0 Å². The number of hydrogen-bond donors (Lipinski definition) is 1. The summed E-state index contributed by atoms with van der Waals surface area (Å²) in [6.07, 6.45) is 0. The third-order valence-corrected chi connectivity index (χ3v) is 5.28. The highest BCUT2D eigenvalue weighted by molar-refractivity contribution is 7.13. The molecule has 2 aromatic carbocycles. The number of thiazole rings is 1. The number of nitrogens with one attached hydrogen (secondary N) is 1. The van der Waals surface area contributed by atoms with E-state index in [4.69, 9.17) is 9.47 Å². The Morgan fingerprint density at radius 3 is 2.57 bits per heavy atom. The molecule has 0 saturated carbocycles. The average molecular weight is 426 g/mol. The molecule has 0 unspecified atom stereocenters. The maximum absolute atomic E-state index is 12.6. The van der Waals surface area contributed by atoms with E-state index in [9.17, 15) is 9.59 Å². The highest BCUT2D eigenvalue weighted by Crippen LogP contribution is 2.38. The van der Waals surface area contributed by atoms with Crippen LogP contribution in [-0.4, -0.2) is 50.0 Å². The Balaban J connectivity index is 1.73. The Kier molecular flexibility index (Phi) is 6.68. The van der Waals surface area contributed by atoms with Gasteiger partial charge in [-0.15, -0.1) is 11.3 Å². The minimum atomic E-state index is -0.288. The van der Waals surface area contributed by atoms with E-state index in [1.807, 2.05) is 18.2 Å². The number of benzene rings is 2. The largest absolute Gasteiger partial charge is 0.493 e. The first-order valence-electron chi connectivity index (χ1n) is 9.20. The van der Waals surface area contributed by atoms with Crippen molar-refractivity contribution in [3.8, 4) is 22.1 Å². The molecule has 0 aliphatic heterocycles. The zero-order valence-corrected chi connectivity index (χ0v) is 18.1. The number of para-hydroxylation sites is 1. The average Bonchev–Trinajstić information content (AvgIpc) is 3.26. The van der Waals surface area contributed by atoms with Gasteiger partial charge in [-0.2, -0.15) is 0 Å². The zero-order valence-electron chi connectivity index (χ0n) is 17.3. The van der Waals surface area contributed by atoms with Gasteiger partial charge in [0, 0.05) is 31.6 Å². The molecule has 30 heavy (non-hydrogen) atoms. The molecular formula is C22H23N3O4S. The van der Waals surface area contributed by atoms with Crippen LogP contribution in [0.2, 0.25) is 0 Å². The van der Waals surface area contributed by atoms with Crippen LogP contribution in [-0.2, 0) is 6.54 Å². The molecule has 2 amide bonds. The maximum atomic E-state index is 12.6. The van der Waals surface area contributed by atoms with Gasteiger partial charge in [-0.05, 0) is 29.8 Å². The van der Waals surface area contributed by atoms with Crippen molar-refractivity contribution in [2.24, 2.45) is 0 Å². The Morgan fingerprint density at radius 1 is 1.10 bits per heavy atom. The summed E-state index contributed by atoms with van der Waals surface area (Å²) in [5.74, 6) is 0.801. The number of ether oxygens (including phenoxy) is 2. The summed E-state index contributed by atoms with van der Waals surface area (Å²) >= 11 is 1.35. The summed E-state index contributed by atoms with van der Waals surface area (Å²) in [4.78, 5) is 30.6. The van der Waals surface area contributed by atoms with E-state index in [1.54, 1.807) is 58.0 Å². The molecule has 0 bridgehead atoms. The molecule has 1 heterocycles. The molecule has 8 heteroatoms. The number of amides is 2. The van der Waals surface area contributed by atoms with Crippen LogP contribution in [0.1, 0.15) is 26.4 Å². The van der Waals surface area contributed by atoms with Gasteiger partial charge >= 0.3 is 0 Å². The Morgan fingerprint density at radius 2 is 1.87 bits per heavy atom. The van der Waals surface area contributed by atoms with Crippen molar-refractivity contribution in [2.75, 3.05) is 28.3 Å². The standard InChI is InChI=1S/C22H23N3O4S/c1-25(2)22(27)15-8-5-7-14(11-15)12-23-20(26)17-13-30-21(24-17)16-9-6-10-18(28-3)19(16)29-4/h5-11,13H,12H2,1-4H3,(H,23,26). The molecule has 0 saturated heterocycles. The quantitative estimate of drug-likeness (QED) is 0.627. The highest BCUT2D eigenvalue weighted by atomic mass is 32.1. The Bertz CT molecular complexity index is 1060. The number of nitrogens with zero attached hydrogens (tertiary/aromatic N) is 2. The van der Waals surface area contributed by atoms with Crippen molar-refractivity contribution < 1.29 is 19.1 Å². The number of aromatic nitrogens is 1. The second-order valence-electron chi connectivity index (χ2n) is 6.66. The van der Waals surface area contributed by atoms with Crippen molar-refractivity contribution >= 4 is 23.2 Å². The monoisotopic (exact) mass is 425 g/mol. The first-order valence-corrected chi connectivity index (χ1v) is 10.1. The van der Waals surface area contributed by atoms with E-state index in [0.717, 1.165) is 11.1 Å². The van der Waals surface area contributed by atoms with Gasteiger partial charge in [0.05, 0.1) is 19.8 Å². The molecule has 3 rings (SSSR count). The molecule has 0 aliphatic carbocycles. The zero-order chi connectivity index (χ0) is 21.7. The van der Waals surface area contributed by atoms with E-state index < -0.39 is 0 Å². The molecular weight excluding hydrogens is 402 g/mol. The van der Waals surface area contributed by atoms with Gasteiger partial charge < -0.3 is 19.7 Å². The van der Waals surface area contributed by atoms with Crippen LogP contribution in [0, 0.1) is 0 Å².